The quantitative estimate of drug-likeness (QED) is 0.780. The van der Waals surface area contributed by atoms with Crippen molar-refractivity contribution in [3.8, 4) is 11.8 Å². The molecule has 0 radical (unpaired) electrons. The van der Waals surface area contributed by atoms with E-state index in [4.69, 9.17) is 0 Å². The van der Waals surface area contributed by atoms with Crippen LogP contribution in [0.25, 0.3) is 0 Å². The summed E-state index contributed by atoms with van der Waals surface area (Å²) in [4.78, 5) is 4.70. The minimum Gasteiger partial charge on any atom is -0.245 e. The van der Waals surface area contributed by atoms with Crippen molar-refractivity contribution in [2.24, 2.45) is 0 Å². The largest absolute Gasteiger partial charge is 0.245 e. The molecule has 2 heterocycles. The average Bonchev–Trinajstić information content (AvgIpc) is 2.63. The van der Waals surface area contributed by atoms with Gasteiger partial charge in [-0.1, -0.05) is 35.8 Å². The summed E-state index contributed by atoms with van der Waals surface area (Å²) in [6.07, 6.45) is 3.32. The summed E-state index contributed by atoms with van der Waals surface area (Å²) < 4.78 is 26.7. The Kier molecular flexibility index (Phi) is 5.32. The Hall–Kier alpha value is -2.42. The molecule has 0 N–H and O–H groups in total. The summed E-state index contributed by atoms with van der Waals surface area (Å²) >= 11 is 0. The highest BCUT2D eigenvalue weighted by molar-refractivity contribution is 7.89. The molecule has 0 amide bonds. The van der Waals surface area contributed by atoms with Crippen LogP contribution in [0.1, 0.15) is 24.2 Å². The number of sulfonamides is 1. The zero-order valence-corrected chi connectivity index (χ0v) is 15.0. The van der Waals surface area contributed by atoms with Gasteiger partial charge in [-0.3, -0.25) is 0 Å². The van der Waals surface area contributed by atoms with E-state index in [0.29, 0.717) is 30.8 Å². The molecule has 0 atom stereocenters. The zero-order valence-electron chi connectivity index (χ0n) is 14.1. The van der Waals surface area contributed by atoms with Crippen molar-refractivity contribution in [1.29, 1.82) is 0 Å². The maximum absolute atomic E-state index is 12.6. The molecule has 0 bridgehead atoms. The molecule has 3 rings (SSSR count). The molecule has 1 aliphatic rings. The number of rotatable bonds is 2. The fourth-order valence-electron chi connectivity index (χ4n) is 2.72. The highest BCUT2D eigenvalue weighted by Crippen LogP contribution is 2.22. The van der Waals surface area contributed by atoms with Crippen LogP contribution >= 0.6 is 0 Å². The van der Waals surface area contributed by atoms with Gasteiger partial charge in [0.15, 0.2) is 0 Å². The molecule has 1 aromatic carbocycles. The summed E-state index contributed by atoms with van der Waals surface area (Å²) in [5.41, 5.74) is 2.87. The first kappa shape index (κ1) is 17.4. The zero-order chi connectivity index (χ0) is 17.7. The number of pyridine rings is 1. The van der Waals surface area contributed by atoms with E-state index >= 15 is 0 Å². The van der Waals surface area contributed by atoms with Gasteiger partial charge in [0.2, 0.25) is 10.0 Å². The lowest BCUT2D eigenvalue weighted by atomic mass is 10.1. The van der Waals surface area contributed by atoms with Crippen molar-refractivity contribution in [2.45, 2.75) is 24.7 Å². The van der Waals surface area contributed by atoms with E-state index < -0.39 is 10.0 Å². The summed E-state index contributed by atoms with van der Waals surface area (Å²) in [6, 6.07) is 14.3. The van der Waals surface area contributed by atoms with Crippen molar-refractivity contribution in [1.82, 2.24) is 9.29 Å². The molecule has 0 saturated carbocycles. The molecule has 128 valence electrons. The topological polar surface area (TPSA) is 50.3 Å². The third-order valence-corrected chi connectivity index (χ3v) is 6.02. The summed E-state index contributed by atoms with van der Waals surface area (Å²) in [5.74, 6) is 6.07. The first-order valence-corrected chi connectivity index (χ1v) is 9.68. The lowest BCUT2D eigenvalue weighted by Gasteiger charge is -2.27. The Morgan fingerprint density at radius 3 is 2.44 bits per heavy atom. The second-order valence-electron chi connectivity index (χ2n) is 5.95. The van der Waals surface area contributed by atoms with Gasteiger partial charge in [0, 0.05) is 18.8 Å². The van der Waals surface area contributed by atoms with Gasteiger partial charge in [-0.15, -0.1) is 0 Å². The van der Waals surface area contributed by atoms with Crippen LogP contribution < -0.4 is 0 Å². The number of aryl methyl sites for hydroxylation is 1. The number of benzene rings is 1. The number of aromatic nitrogens is 1. The van der Waals surface area contributed by atoms with E-state index in [0.717, 1.165) is 11.4 Å². The fraction of sp³-hybridized carbons (Fsp3) is 0.250. The summed E-state index contributed by atoms with van der Waals surface area (Å²) in [5, 5.41) is 0. The van der Waals surface area contributed by atoms with Gasteiger partial charge < -0.3 is 0 Å². The maximum atomic E-state index is 12.6. The summed E-state index contributed by atoms with van der Waals surface area (Å²) in [7, 11) is -3.39. The molecule has 2 aromatic rings. The number of hydrogen-bond acceptors (Lipinski definition) is 3. The first-order valence-electron chi connectivity index (χ1n) is 8.24. The average molecular weight is 352 g/mol. The van der Waals surface area contributed by atoms with Gasteiger partial charge in [0.25, 0.3) is 0 Å². The normalized spacial score (nSPS) is 15.3. The number of piperidine rings is 1. The molecule has 1 aromatic heterocycles. The third-order valence-electron chi connectivity index (χ3n) is 4.11. The van der Waals surface area contributed by atoms with Gasteiger partial charge in [0.05, 0.1) is 4.90 Å². The lowest BCUT2D eigenvalue weighted by molar-refractivity contribution is 0.387. The van der Waals surface area contributed by atoms with Gasteiger partial charge in [-0.2, -0.15) is 4.31 Å². The third kappa shape index (κ3) is 4.36. The lowest BCUT2D eigenvalue weighted by Crippen LogP contribution is -2.36. The van der Waals surface area contributed by atoms with E-state index in [1.807, 2.05) is 37.3 Å². The molecular weight excluding hydrogens is 332 g/mol. The Labute approximate surface area is 149 Å². The Morgan fingerprint density at radius 2 is 1.76 bits per heavy atom. The smallest absolute Gasteiger partial charge is 0.243 e. The number of hydrogen-bond donors (Lipinski definition) is 0. The van der Waals surface area contributed by atoms with Crippen molar-refractivity contribution >= 4 is 10.0 Å². The van der Waals surface area contributed by atoms with Crippen molar-refractivity contribution < 1.29 is 8.42 Å². The van der Waals surface area contributed by atoms with Crippen LogP contribution in [0.5, 0.6) is 0 Å². The second kappa shape index (κ2) is 7.64. The highest BCUT2D eigenvalue weighted by atomic mass is 32.2. The van der Waals surface area contributed by atoms with Crippen molar-refractivity contribution in [2.75, 3.05) is 13.1 Å². The molecular formula is C20H20N2O2S. The molecule has 25 heavy (non-hydrogen) atoms. The predicted molar refractivity (Wildman–Crippen MR) is 98.4 cm³/mol. The number of nitrogens with zero attached hydrogens (tertiary/aromatic N) is 2. The van der Waals surface area contributed by atoms with Crippen LogP contribution in [0.2, 0.25) is 0 Å². The van der Waals surface area contributed by atoms with Crippen LogP contribution in [0.4, 0.5) is 0 Å². The molecule has 5 heteroatoms. The van der Waals surface area contributed by atoms with Gasteiger partial charge in [0.1, 0.15) is 5.69 Å². The molecule has 1 aliphatic heterocycles. The minimum absolute atomic E-state index is 0.354. The fourth-order valence-corrected chi connectivity index (χ4v) is 4.19. The van der Waals surface area contributed by atoms with Crippen LogP contribution in [-0.4, -0.2) is 30.8 Å². The Balaban J connectivity index is 1.64. The highest BCUT2D eigenvalue weighted by Gasteiger charge is 2.26. The molecule has 1 fully saturated rings. The van der Waals surface area contributed by atoms with Gasteiger partial charge in [-0.05, 0) is 56.0 Å². The molecule has 0 spiro atoms. The van der Waals surface area contributed by atoms with E-state index in [-0.39, 0.29) is 0 Å². The van der Waals surface area contributed by atoms with Gasteiger partial charge >= 0.3 is 0 Å². The van der Waals surface area contributed by atoms with E-state index in [9.17, 15) is 8.42 Å². The van der Waals surface area contributed by atoms with Crippen LogP contribution in [0, 0.1) is 18.8 Å². The monoisotopic (exact) mass is 352 g/mol. The van der Waals surface area contributed by atoms with E-state index in [1.54, 1.807) is 28.6 Å². The molecule has 4 nitrogen and oxygen atoms in total. The van der Waals surface area contributed by atoms with Gasteiger partial charge in [-0.25, -0.2) is 13.4 Å². The van der Waals surface area contributed by atoms with E-state index in [1.165, 1.54) is 5.57 Å². The molecule has 1 saturated heterocycles. The molecule has 0 unspecified atom stereocenters. The van der Waals surface area contributed by atoms with Crippen LogP contribution in [0.3, 0.4) is 0 Å². The van der Waals surface area contributed by atoms with Crippen molar-refractivity contribution in [3.05, 3.63) is 71.6 Å². The van der Waals surface area contributed by atoms with Crippen LogP contribution in [-0.2, 0) is 10.0 Å². The summed E-state index contributed by atoms with van der Waals surface area (Å²) in [6.45, 7) is 2.92. The first-order chi connectivity index (χ1) is 12.1. The van der Waals surface area contributed by atoms with Crippen LogP contribution in [0.15, 0.2) is 65.1 Å². The number of allylic oxidation sites excluding steroid dienone is 1. The minimum atomic E-state index is -3.39. The Bertz CT molecular complexity index is 928. The standard InChI is InChI=1S/C20H20N2O2S/c1-17-7-5-9-19(21-17)10-6-8-18-13-15-22(16-14-18)25(23,24)20-11-3-2-4-12-20/h2-5,7-9,11-12H,13-16H2,1H3. The maximum Gasteiger partial charge on any atom is 0.243 e. The predicted octanol–water partition coefficient (Wildman–Crippen LogP) is 3.15. The second-order valence-corrected chi connectivity index (χ2v) is 7.89. The SMILES string of the molecule is Cc1cccc(C#CC=C2CCN(S(=O)(=O)c3ccccc3)CC2)n1. The van der Waals surface area contributed by atoms with Crippen molar-refractivity contribution in [3.63, 3.8) is 0 Å². The molecule has 0 aliphatic carbocycles. The Morgan fingerprint density at radius 1 is 1.04 bits per heavy atom. The van der Waals surface area contributed by atoms with E-state index in [2.05, 4.69) is 16.8 Å².